The standard InChI is InChI=1S/C22H26N2O2/c1-17-8-9-19(16-18(17)2)21(25)10-11-22(26)24-14-12-23(13-15-24)20-6-4-3-5-7-20/h3-9,16H,10-15H2,1-2H3. The third kappa shape index (κ3) is 4.31. The molecule has 4 nitrogen and oxygen atoms in total. The molecule has 0 unspecified atom stereocenters. The smallest absolute Gasteiger partial charge is 0.223 e. The number of hydrogen-bond donors (Lipinski definition) is 0. The molecule has 0 bridgehead atoms. The number of amides is 1. The van der Waals surface area contributed by atoms with Gasteiger partial charge in [-0.3, -0.25) is 9.59 Å². The van der Waals surface area contributed by atoms with Crippen LogP contribution in [0.15, 0.2) is 48.5 Å². The van der Waals surface area contributed by atoms with Gasteiger partial charge in [0.05, 0.1) is 0 Å². The van der Waals surface area contributed by atoms with Crippen molar-refractivity contribution in [3.8, 4) is 0 Å². The summed E-state index contributed by atoms with van der Waals surface area (Å²) in [7, 11) is 0. The lowest BCUT2D eigenvalue weighted by Gasteiger charge is -2.36. The van der Waals surface area contributed by atoms with Crippen LogP contribution in [0, 0.1) is 13.8 Å². The summed E-state index contributed by atoms with van der Waals surface area (Å²) in [6.45, 7) is 7.13. The molecule has 2 aromatic carbocycles. The lowest BCUT2D eigenvalue weighted by molar-refractivity contribution is -0.131. The van der Waals surface area contributed by atoms with E-state index in [9.17, 15) is 9.59 Å². The Morgan fingerprint density at radius 3 is 2.19 bits per heavy atom. The summed E-state index contributed by atoms with van der Waals surface area (Å²) in [6.07, 6.45) is 0.567. The topological polar surface area (TPSA) is 40.6 Å². The molecule has 26 heavy (non-hydrogen) atoms. The van der Waals surface area contributed by atoms with Gasteiger partial charge in [0.25, 0.3) is 0 Å². The first-order valence-electron chi connectivity index (χ1n) is 9.23. The Labute approximate surface area is 155 Å². The number of para-hydroxylation sites is 1. The Morgan fingerprint density at radius 1 is 0.846 bits per heavy atom. The molecule has 1 amide bonds. The maximum absolute atomic E-state index is 12.5. The highest BCUT2D eigenvalue weighted by atomic mass is 16.2. The fraction of sp³-hybridized carbons (Fsp3) is 0.364. The van der Waals surface area contributed by atoms with Gasteiger partial charge in [-0.15, -0.1) is 0 Å². The summed E-state index contributed by atoms with van der Waals surface area (Å²) < 4.78 is 0. The van der Waals surface area contributed by atoms with Crippen LogP contribution >= 0.6 is 0 Å². The zero-order valence-electron chi connectivity index (χ0n) is 15.6. The van der Waals surface area contributed by atoms with Crippen molar-refractivity contribution in [2.24, 2.45) is 0 Å². The number of carbonyl (C=O) groups is 2. The quantitative estimate of drug-likeness (QED) is 0.774. The molecule has 0 aliphatic carbocycles. The van der Waals surface area contributed by atoms with E-state index in [-0.39, 0.29) is 24.5 Å². The van der Waals surface area contributed by atoms with E-state index in [1.807, 2.05) is 55.1 Å². The molecule has 4 heteroatoms. The second-order valence-corrected chi connectivity index (χ2v) is 6.93. The average Bonchev–Trinajstić information content (AvgIpc) is 2.68. The van der Waals surface area contributed by atoms with Crippen LogP contribution in [0.3, 0.4) is 0 Å². The summed E-state index contributed by atoms with van der Waals surface area (Å²) >= 11 is 0. The normalized spacial score (nSPS) is 14.4. The summed E-state index contributed by atoms with van der Waals surface area (Å²) in [5.74, 6) is 0.124. The van der Waals surface area contributed by atoms with Crippen LogP contribution in [-0.2, 0) is 4.79 Å². The first-order chi connectivity index (χ1) is 12.5. The van der Waals surface area contributed by atoms with Gasteiger partial charge in [0.1, 0.15) is 0 Å². The van der Waals surface area contributed by atoms with E-state index in [1.54, 1.807) is 0 Å². The van der Waals surface area contributed by atoms with E-state index < -0.39 is 0 Å². The Balaban J connectivity index is 1.48. The number of rotatable bonds is 5. The number of ketones is 1. The minimum atomic E-state index is 0.0457. The molecule has 1 aliphatic rings. The maximum atomic E-state index is 12.5. The highest BCUT2D eigenvalue weighted by Crippen LogP contribution is 2.17. The van der Waals surface area contributed by atoms with Crippen molar-refractivity contribution in [3.63, 3.8) is 0 Å². The third-order valence-corrected chi connectivity index (χ3v) is 5.15. The van der Waals surface area contributed by atoms with Gasteiger partial charge in [-0.25, -0.2) is 0 Å². The van der Waals surface area contributed by atoms with Gasteiger partial charge in [-0.05, 0) is 43.2 Å². The van der Waals surface area contributed by atoms with Crippen molar-refractivity contribution < 1.29 is 9.59 Å². The predicted molar refractivity (Wildman–Crippen MR) is 105 cm³/mol. The first-order valence-corrected chi connectivity index (χ1v) is 9.23. The highest BCUT2D eigenvalue weighted by Gasteiger charge is 2.21. The molecule has 1 heterocycles. The van der Waals surface area contributed by atoms with Crippen molar-refractivity contribution in [3.05, 3.63) is 65.2 Å². The van der Waals surface area contributed by atoms with Gasteiger partial charge in [-0.2, -0.15) is 0 Å². The Bertz CT molecular complexity index is 778. The molecule has 0 atom stereocenters. The van der Waals surface area contributed by atoms with E-state index in [4.69, 9.17) is 0 Å². The second-order valence-electron chi connectivity index (χ2n) is 6.93. The zero-order valence-corrected chi connectivity index (χ0v) is 15.6. The minimum absolute atomic E-state index is 0.0457. The van der Waals surface area contributed by atoms with Gasteiger partial charge in [0.2, 0.25) is 5.91 Å². The maximum Gasteiger partial charge on any atom is 0.223 e. The number of anilines is 1. The fourth-order valence-electron chi connectivity index (χ4n) is 3.29. The molecular weight excluding hydrogens is 324 g/mol. The second kappa shape index (κ2) is 8.17. The summed E-state index contributed by atoms with van der Waals surface area (Å²) in [5, 5.41) is 0. The van der Waals surface area contributed by atoms with Crippen LogP contribution in [0.4, 0.5) is 5.69 Å². The molecule has 1 fully saturated rings. The van der Waals surface area contributed by atoms with Crippen LogP contribution in [-0.4, -0.2) is 42.8 Å². The van der Waals surface area contributed by atoms with E-state index in [1.165, 1.54) is 11.3 Å². The molecule has 3 rings (SSSR count). The summed E-state index contributed by atoms with van der Waals surface area (Å²) in [6, 6.07) is 16.0. The summed E-state index contributed by atoms with van der Waals surface area (Å²) in [5.41, 5.74) is 4.19. The third-order valence-electron chi connectivity index (χ3n) is 5.15. The monoisotopic (exact) mass is 350 g/mol. The lowest BCUT2D eigenvalue weighted by atomic mass is 10.0. The molecule has 0 aromatic heterocycles. The molecule has 0 radical (unpaired) electrons. The van der Waals surface area contributed by atoms with Crippen molar-refractivity contribution in [1.29, 1.82) is 0 Å². The van der Waals surface area contributed by atoms with Crippen LogP contribution in [0.1, 0.15) is 34.3 Å². The van der Waals surface area contributed by atoms with E-state index in [0.29, 0.717) is 18.7 Å². The molecule has 136 valence electrons. The Hall–Kier alpha value is -2.62. The Kier molecular flexibility index (Phi) is 5.71. The number of Topliss-reactive ketones (excluding diaryl/α,β-unsaturated/α-hetero) is 1. The van der Waals surface area contributed by atoms with Crippen LogP contribution in [0.2, 0.25) is 0 Å². The Morgan fingerprint density at radius 2 is 1.54 bits per heavy atom. The van der Waals surface area contributed by atoms with Gasteiger partial charge >= 0.3 is 0 Å². The minimum Gasteiger partial charge on any atom is -0.368 e. The predicted octanol–water partition coefficient (Wildman–Crippen LogP) is 3.62. The molecule has 0 spiro atoms. The van der Waals surface area contributed by atoms with Crippen molar-refractivity contribution >= 4 is 17.4 Å². The average molecular weight is 350 g/mol. The number of hydrogen-bond acceptors (Lipinski definition) is 3. The van der Waals surface area contributed by atoms with Crippen molar-refractivity contribution in [2.75, 3.05) is 31.1 Å². The number of benzene rings is 2. The molecule has 1 saturated heterocycles. The molecule has 2 aromatic rings. The van der Waals surface area contributed by atoms with E-state index in [2.05, 4.69) is 17.0 Å². The number of aryl methyl sites for hydroxylation is 2. The van der Waals surface area contributed by atoms with Crippen molar-refractivity contribution in [2.45, 2.75) is 26.7 Å². The number of nitrogens with zero attached hydrogens (tertiary/aromatic N) is 2. The fourth-order valence-corrected chi connectivity index (χ4v) is 3.29. The number of carbonyl (C=O) groups excluding carboxylic acids is 2. The molecule has 1 aliphatic heterocycles. The van der Waals surface area contributed by atoms with Crippen LogP contribution < -0.4 is 4.90 Å². The largest absolute Gasteiger partial charge is 0.368 e. The van der Waals surface area contributed by atoms with Gasteiger partial charge < -0.3 is 9.80 Å². The SMILES string of the molecule is Cc1ccc(C(=O)CCC(=O)N2CCN(c3ccccc3)CC2)cc1C. The molecule has 0 saturated carbocycles. The van der Waals surface area contributed by atoms with Gasteiger partial charge in [0, 0.05) is 50.3 Å². The molecular formula is C22H26N2O2. The first kappa shape index (κ1) is 18.2. The van der Waals surface area contributed by atoms with Crippen LogP contribution in [0.25, 0.3) is 0 Å². The highest BCUT2D eigenvalue weighted by molar-refractivity contribution is 5.98. The summed E-state index contributed by atoms with van der Waals surface area (Å²) in [4.78, 5) is 29.0. The lowest BCUT2D eigenvalue weighted by Crippen LogP contribution is -2.48. The van der Waals surface area contributed by atoms with E-state index in [0.717, 1.165) is 18.7 Å². The van der Waals surface area contributed by atoms with Gasteiger partial charge in [0.15, 0.2) is 5.78 Å². The van der Waals surface area contributed by atoms with Crippen molar-refractivity contribution in [1.82, 2.24) is 4.90 Å². The molecule has 0 N–H and O–H groups in total. The van der Waals surface area contributed by atoms with Crippen LogP contribution in [0.5, 0.6) is 0 Å². The van der Waals surface area contributed by atoms with E-state index >= 15 is 0 Å². The zero-order chi connectivity index (χ0) is 18.5. The van der Waals surface area contributed by atoms with Gasteiger partial charge in [-0.1, -0.05) is 30.3 Å². The number of piperazine rings is 1.